The van der Waals surface area contributed by atoms with Crippen molar-refractivity contribution >= 4 is 31.2 Å². The summed E-state index contributed by atoms with van der Waals surface area (Å²) >= 11 is 1.44. The molecule has 2 rings (SSSR count). The molecule has 1 aliphatic rings. The van der Waals surface area contributed by atoms with E-state index < -0.39 is 30.6 Å². The van der Waals surface area contributed by atoms with Crippen molar-refractivity contribution in [2.75, 3.05) is 13.3 Å². The van der Waals surface area contributed by atoms with Gasteiger partial charge < -0.3 is 0 Å². The molecule has 1 saturated carbocycles. The zero-order valence-corrected chi connectivity index (χ0v) is 14.2. The van der Waals surface area contributed by atoms with Gasteiger partial charge in [-0.15, -0.1) is 0 Å². The van der Waals surface area contributed by atoms with Crippen LogP contribution in [0.4, 0.5) is 0 Å². The minimum atomic E-state index is -3.51. The van der Waals surface area contributed by atoms with Crippen molar-refractivity contribution in [3.05, 3.63) is 22.4 Å². The van der Waals surface area contributed by atoms with Crippen molar-refractivity contribution in [1.29, 1.82) is 0 Å². The average molecular weight is 337 g/mol. The summed E-state index contributed by atoms with van der Waals surface area (Å²) in [4.78, 5) is 0. The summed E-state index contributed by atoms with van der Waals surface area (Å²) in [6, 6.07) is 1.23. The Balaban J connectivity index is 2.21. The summed E-state index contributed by atoms with van der Waals surface area (Å²) in [7, 11) is -5.30. The van der Waals surface area contributed by atoms with Crippen molar-refractivity contribution in [3.63, 3.8) is 0 Å². The summed E-state index contributed by atoms with van der Waals surface area (Å²) in [5.74, 6) is -0.0861. The molecule has 0 bridgehead atoms. The lowest BCUT2D eigenvalue weighted by atomic mass is 10.2. The first kappa shape index (κ1) is 15.9. The van der Waals surface area contributed by atoms with E-state index in [9.17, 15) is 16.8 Å². The second-order valence-electron chi connectivity index (χ2n) is 5.42. The molecular weight excluding hydrogens is 318 g/mol. The van der Waals surface area contributed by atoms with Crippen molar-refractivity contribution in [3.8, 4) is 0 Å². The molecule has 0 saturated heterocycles. The molecule has 1 fully saturated rings. The van der Waals surface area contributed by atoms with E-state index in [2.05, 4.69) is 0 Å². The second-order valence-corrected chi connectivity index (χ2v) is 10.6. The van der Waals surface area contributed by atoms with Crippen LogP contribution in [0.25, 0.3) is 0 Å². The van der Waals surface area contributed by atoms with E-state index >= 15 is 0 Å². The number of rotatable bonds is 6. The molecule has 0 aromatic carbocycles. The smallest absolute Gasteiger partial charge is 0.218 e. The Morgan fingerprint density at radius 1 is 1.35 bits per heavy atom. The lowest BCUT2D eigenvalue weighted by molar-refractivity contribution is 0.363. The summed E-state index contributed by atoms with van der Waals surface area (Å²) in [5.41, 5.74) is 0.734. The number of sulfonamides is 1. The first-order valence-corrected chi connectivity index (χ1v) is 10.7. The maximum Gasteiger partial charge on any atom is 0.218 e. The monoisotopic (exact) mass is 337 g/mol. The summed E-state index contributed by atoms with van der Waals surface area (Å²) in [5, 5.41) is 3.62. The molecule has 0 aliphatic heterocycles. The van der Waals surface area contributed by atoms with Gasteiger partial charge in [0.25, 0.3) is 0 Å². The van der Waals surface area contributed by atoms with Crippen molar-refractivity contribution in [1.82, 2.24) is 4.31 Å². The molecule has 1 heterocycles. The third-order valence-corrected chi connectivity index (χ3v) is 9.01. The van der Waals surface area contributed by atoms with Gasteiger partial charge in [-0.1, -0.05) is 0 Å². The van der Waals surface area contributed by atoms with Crippen LogP contribution in [-0.4, -0.2) is 45.2 Å². The molecule has 0 amide bonds. The van der Waals surface area contributed by atoms with Crippen LogP contribution in [0.1, 0.15) is 25.3 Å². The predicted octanol–water partition coefficient (Wildman–Crippen LogP) is 1.48. The van der Waals surface area contributed by atoms with Gasteiger partial charge >= 0.3 is 0 Å². The maximum atomic E-state index is 12.4. The topological polar surface area (TPSA) is 71.5 Å². The van der Waals surface area contributed by atoms with Gasteiger partial charge in [0, 0.05) is 19.3 Å². The fraction of sp³-hybridized carbons (Fsp3) is 0.667. The van der Waals surface area contributed by atoms with E-state index in [4.69, 9.17) is 0 Å². The third kappa shape index (κ3) is 2.79. The number of hydrogen-bond donors (Lipinski definition) is 0. The molecule has 1 atom stereocenters. The van der Waals surface area contributed by atoms with Crippen LogP contribution >= 0.6 is 11.3 Å². The number of sulfone groups is 1. The molecule has 1 unspecified atom stereocenters. The minimum Gasteiger partial charge on any atom is -0.228 e. The molecule has 1 aliphatic carbocycles. The fourth-order valence-electron chi connectivity index (χ4n) is 2.48. The van der Waals surface area contributed by atoms with Gasteiger partial charge in [-0.05, 0) is 42.2 Å². The SMILES string of the molecule is CC(N(C)S(=O)(=O)Cc1ccsc1)C1(S(C)(=O)=O)CC1. The lowest BCUT2D eigenvalue weighted by Crippen LogP contribution is -2.47. The molecule has 1 aromatic heterocycles. The average Bonchev–Trinajstić information content (AvgIpc) is 3.01. The summed E-state index contributed by atoms with van der Waals surface area (Å²) < 4.78 is 48.8. The molecule has 5 nitrogen and oxygen atoms in total. The second kappa shape index (κ2) is 5.08. The van der Waals surface area contributed by atoms with E-state index in [1.807, 2.05) is 5.38 Å². The quantitative estimate of drug-likeness (QED) is 0.788. The van der Waals surface area contributed by atoms with Gasteiger partial charge in [0.15, 0.2) is 9.84 Å². The van der Waals surface area contributed by atoms with Crippen LogP contribution in [0.15, 0.2) is 16.8 Å². The van der Waals surface area contributed by atoms with Crippen LogP contribution in [0.3, 0.4) is 0 Å². The van der Waals surface area contributed by atoms with Crippen molar-refractivity contribution in [2.24, 2.45) is 0 Å². The Morgan fingerprint density at radius 3 is 2.35 bits per heavy atom. The highest BCUT2D eigenvalue weighted by Gasteiger charge is 2.58. The molecule has 0 spiro atoms. The Morgan fingerprint density at radius 2 is 1.95 bits per heavy atom. The zero-order chi connectivity index (χ0) is 15.2. The maximum absolute atomic E-state index is 12.4. The first-order valence-electron chi connectivity index (χ1n) is 6.26. The lowest BCUT2D eigenvalue weighted by Gasteiger charge is -2.30. The van der Waals surface area contributed by atoms with Gasteiger partial charge in [0.2, 0.25) is 10.0 Å². The number of thiophene rings is 1. The summed E-state index contributed by atoms with van der Waals surface area (Å²) in [6.07, 6.45) is 2.26. The van der Waals surface area contributed by atoms with Gasteiger partial charge in [-0.3, -0.25) is 0 Å². The van der Waals surface area contributed by atoms with Crippen molar-refractivity contribution in [2.45, 2.75) is 36.3 Å². The van der Waals surface area contributed by atoms with E-state index in [1.165, 1.54) is 28.9 Å². The highest BCUT2D eigenvalue weighted by Crippen LogP contribution is 2.48. The Bertz CT molecular complexity index is 672. The molecule has 8 heteroatoms. The fourth-order valence-corrected chi connectivity index (χ4v) is 6.43. The van der Waals surface area contributed by atoms with Gasteiger partial charge in [0.1, 0.15) is 0 Å². The standard InChI is InChI=1S/C12H19NO4S3/c1-10(12(5-6-12)19(3,14)15)13(2)20(16,17)9-11-4-7-18-8-11/h4,7-8,10H,5-6,9H2,1-3H3. The summed E-state index contributed by atoms with van der Waals surface area (Å²) in [6.45, 7) is 1.68. The molecule has 0 radical (unpaired) electrons. The molecule has 0 N–H and O–H groups in total. The zero-order valence-electron chi connectivity index (χ0n) is 11.7. The number of hydrogen-bond acceptors (Lipinski definition) is 5. The van der Waals surface area contributed by atoms with E-state index in [0.717, 1.165) is 5.56 Å². The van der Waals surface area contributed by atoms with E-state index in [0.29, 0.717) is 12.8 Å². The highest BCUT2D eigenvalue weighted by atomic mass is 32.2. The Labute approximate surface area is 124 Å². The largest absolute Gasteiger partial charge is 0.228 e. The van der Waals surface area contributed by atoms with Crippen LogP contribution in [0.5, 0.6) is 0 Å². The highest BCUT2D eigenvalue weighted by molar-refractivity contribution is 7.92. The van der Waals surface area contributed by atoms with Gasteiger partial charge in [-0.2, -0.15) is 11.3 Å². The van der Waals surface area contributed by atoms with E-state index in [1.54, 1.807) is 18.4 Å². The van der Waals surface area contributed by atoms with Crippen LogP contribution in [-0.2, 0) is 25.6 Å². The van der Waals surface area contributed by atoms with Crippen LogP contribution in [0.2, 0.25) is 0 Å². The molecule has 1 aromatic rings. The molecule has 114 valence electrons. The van der Waals surface area contributed by atoms with Gasteiger partial charge in [-0.25, -0.2) is 21.1 Å². The molecular formula is C12H19NO4S3. The Hall–Kier alpha value is -0.440. The Kier molecular flexibility index (Phi) is 4.05. The molecule has 20 heavy (non-hydrogen) atoms. The van der Waals surface area contributed by atoms with E-state index in [-0.39, 0.29) is 5.75 Å². The van der Waals surface area contributed by atoms with Gasteiger partial charge in [0.05, 0.1) is 10.5 Å². The normalized spacial score (nSPS) is 20.0. The first-order chi connectivity index (χ1) is 9.10. The van der Waals surface area contributed by atoms with Crippen molar-refractivity contribution < 1.29 is 16.8 Å². The minimum absolute atomic E-state index is 0.0861. The number of nitrogens with zero attached hydrogens (tertiary/aromatic N) is 1. The third-order valence-electron chi connectivity index (χ3n) is 4.16. The predicted molar refractivity (Wildman–Crippen MR) is 81.0 cm³/mol. The van der Waals surface area contributed by atoms with Crippen LogP contribution in [0, 0.1) is 0 Å². The van der Waals surface area contributed by atoms with Crippen LogP contribution < -0.4 is 0 Å².